The zero-order valence-electron chi connectivity index (χ0n) is 13.2. The fourth-order valence-electron chi connectivity index (χ4n) is 2.85. The van der Waals surface area contributed by atoms with Gasteiger partial charge in [-0.3, -0.25) is 4.79 Å². The number of amides is 1. The second-order valence-corrected chi connectivity index (χ2v) is 8.16. The van der Waals surface area contributed by atoms with Gasteiger partial charge in [-0.05, 0) is 30.9 Å². The molecule has 7 heteroatoms. The quantitative estimate of drug-likeness (QED) is 0.821. The van der Waals surface area contributed by atoms with Gasteiger partial charge in [0.25, 0.3) is 0 Å². The van der Waals surface area contributed by atoms with Crippen molar-refractivity contribution in [1.29, 1.82) is 0 Å². The second kappa shape index (κ2) is 8.13. The van der Waals surface area contributed by atoms with Crippen LogP contribution in [0.3, 0.4) is 0 Å². The Morgan fingerprint density at radius 2 is 1.96 bits per heavy atom. The minimum Gasteiger partial charge on any atom is -0.353 e. The van der Waals surface area contributed by atoms with Crippen LogP contribution in [0.15, 0.2) is 29.2 Å². The van der Waals surface area contributed by atoms with Crippen molar-refractivity contribution < 1.29 is 13.2 Å². The minimum absolute atomic E-state index is 0.0305. The lowest BCUT2D eigenvalue weighted by molar-refractivity contribution is -0.122. The van der Waals surface area contributed by atoms with Crippen LogP contribution in [0.2, 0.25) is 5.02 Å². The van der Waals surface area contributed by atoms with E-state index in [0.29, 0.717) is 5.92 Å². The normalized spacial score (nSPS) is 21.8. The predicted octanol–water partition coefficient (Wildman–Crippen LogP) is 2.70. The van der Waals surface area contributed by atoms with E-state index in [1.807, 2.05) is 0 Å². The van der Waals surface area contributed by atoms with E-state index in [2.05, 4.69) is 17.0 Å². The van der Waals surface area contributed by atoms with Gasteiger partial charge in [0, 0.05) is 19.0 Å². The van der Waals surface area contributed by atoms with Crippen LogP contribution in [0.5, 0.6) is 0 Å². The van der Waals surface area contributed by atoms with E-state index >= 15 is 0 Å². The Balaban J connectivity index is 1.82. The van der Waals surface area contributed by atoms with E-state index in [9.17, 15) is 13.2 Å². The highest BCUT2D eigenvalue weighted by molar-refractivity contribution is 7.89. The predicted molar refractivity (Wildman–Crippen MR) is 90.8 cm³/mol. The van der Waals surface area contributed by atoms with E-state index in [1.54, 1.807) is 12.1 Å². The van der Waals surface area contributed by atoms with E-state index in [-0.39, 0.29) is 34.8 Å². The smallest absolute Gasteiger partial charge is 0.242 e. The summed E-state index contributed by atoms with van der Waals surface area (Å²) < 4.78 is 26.7. The number of benzene rings is 1. The maximum Gasteiger partial charge on any atom is 0.242 e. The number of nitrogens with one attached hydrogen (secondary N) is 2. The van der Waals surface area contributed by atoms with Crippen molar-refractivity contribution in [2.75, 3.05) is 6.54 Å². The van der Waals surface area contributed by atoms with E-state index < -0.39 is 10.0 Å². The van der Waals surface area contributed by atoms with Crippen molar-refractivity contribution in [1.82, 2.24) is 10.0 Å². The molecule has 128 valence electrons. The molecule has 0 radical (unpaired) electrons. The van der Waals surface area contributed by atoms with Crippen LogP contribution in [0.4, 0.5) is 0 Å². The van der Waals surface area contributed by atoms with Crippen molar-refractivity contribution in [3.05, 3.63) is 29.3 Å². The molecule has 1 aromatic carbocycles. The first kappa shape index (κ1) is 18.2. The molecule has 1 fully saturated rings. The molecule has 1 amide bonds. The molecule has 2 N–H and O–H groups in total. The number of halogens is 1. The Labute approximate surface area is 142 Å². The number of sulfonamides is 1. The Hall–Kier alpha value is -1.11. The molecule has 1 aromatic rings. The second-order valence-electron chi connectivity index (χ2n) is 6.01. The zero-order chi connectivity index (χ0) is 16.9. The molecule has 1 aliphatic rings. The summed E-state index contributed by atoms with van der Waals surface area (Å²) in [6.45, 7) is 2.20. The summed E-state index contributed by atoms with van der Waals surface area (Å²) in [5.41, 5.74) is 0. The Morgan fingerprint density at radius 3 is 2.65 bits per heavy atom. The van der Waals surface area contributed by atoms with Crippen molar-refractivity contribution >= 4 is 27.5 Å². The summed E-state index contributed by atoms with van der Waals surface area (Å²) in [5, 5.41) is 3.17. The van der Waals surface area contributed by atoms with Crippen LogP contribution in [0.1, 0.15) is 39.0 Å². The fraction of sp³-hybridized carbons (Fsp3) is 0.562. The van der Waals surface area contributed by atoms with Crippen molar-refractivity contribution in [3.63, 3.8) is 0 Å². The van der Waals surface area contributed by atoms with Crippen molar-refractivity contribution in [2.45, 2.75) is 50.0 Å². The molecule has 1 aliphatic carbocycles. The standard InChI is InChI=1S/C16H23ClN2O3S/c1-12-6-2-4-8-14(12)19-16(20)10-11-18-23(21,22)15-9-5-3-7-13(15)17/h3,5,7,9,12,14,18H,2,4,6,8,10-11H2,1H3,(H,19,20). The van der Waals surface area contributed by atoms with E-state index in [4.69, 9.17) is 11.6 Å². The minimum atomic E-state index is -3.69. The molecule has 23 heavy (non-hydrogen) atoms. The summed E-state index contributed by atoms with van der Waals surface area (Å²) in [7, 11) is -3.69. The highest BCUT2D eigenvalue weighted by Crippen LogP contribution is 2.23. The molecule has 5 nitrogen and oxygen atoms in total. The Bertz CT molecular complexity index is 648. The number of carbonyl (C=O) groups is 1. The molecule has 0 spiro atoms. The number of carbonyl (C=O) groups excluding carboxylic acids is 1. The van der Waals surface area contributed by atoms with Crippen molar-refractivity contribution in [2.24, 2.45) is 5.92 Å². The van der Waals surface area contributed by atoms with Gasteiger partial charge in [-0.15, -0.1) is 0 Å². The van der Waals surface area contributed by atoms with Crippen LogP contribution >= 0.6 is 11.6 Å². The first-order valence-corrected chi connectivity index (χ1v) is 9.80. The molecule has 0 aromatic heterocycles. The number of hydrogen-bond acceptors (Lipinski definition) is 3. The first-order valence-electron chi connectivity index (χ1n) is 7.94. The van der Waals surface area contributed by atoms with Gasteiger partial charge in [0.05, 0.1) is 5.02 Å². The average molecular weight is 359 g/mol. The Kier molecular flexibility index (Phi) is 6.44. The van der Waals surface area contributed by atoms with Crippen LogP contribution in [-0.2, 0) is 14.8 Å². The molecular weight excluding hydrogens is 336 g/mol. The molecule has 2 rings (SSSR count). The number of hydrogen-bond donors (Lipinski definition) is 2. The summed E-state index contributed by atoms with van der Waals surface area (Å²) in [6, 6.07) is 6.44. The highest BCUT2D eigenvalue weighted by Gasteiger charge is 2.23. The van der Waals surface area contributed by atoms with E-state index in [0.717, 1.165) is 19.3 Å². The summed E-state index contributed by atoms with van der Waals surface area (Å²) in [5.74, 6) is 0.359. The monoisotopic (exact) mass is 358 g/mol. The fourth-order valence-corrected chi connectivity index (χ4v) is 4.40. The average Bonchev–Trinajstić information content (AvgIpc) is 2.49. The van der Waals surface area contributed by atoms with Crippen LogP contribution in [0, 0.1) is 5.92 Å². The maximum absolute atomic E-state index is 12.1. The third kappa shape index (κ3) is 5.19. The number of rotatable bonds is 6. The van der Waals surface area contributed by atoms with Gasteiger partial charge >= 0.3 is 0 Å². The van der Waals surface area contributed by atoms with Gasteiger partial charge in [0.1, 0.15) is 4.90 Å². The molecule has 2 unspecified atom stereocenters. The molecule has 0 aliphatic heterocycles. The van der Waals surface area contributed by atoms with Gasteiger partial charge in [0.2, 0.25) is 15.9 Å². The largest absolute Gasteiger partial charge is 0.353 e. The molecule has 0 bridgehead atoms. The SMILES string of the molecule is CC1CCCCC1NC(=O)CCNS(=O)(=O)c1ccccc1Cl. The lowest BCUT2D eigenvalue weighted by Gasteiger charge is -2.29. The highest BCUT2D eigenvalue weighted by atomic mass is 35.5. The molecule has 0 heterocycles. The summed E-state index contributed by atoms with van der Waals surface area (Å²) >= 11 is 5.90. The topological polar surface area (TPSA) is 75.3 Å². The van der Waals surface area contributed by atoms with Gasteiger partial charge in [0.15, 0.2) is 0 Å². The lowest BCUT2D eigenvalue weighted by atomic mass is 9.86. The summed E-state index contributed by atoms with van der Waals surface area (Å²) in [4.78, 5) is 12.0. The van der Waals surface area contributed by atoms with Crippen molar-refractivity contribution in [3.8, 4) is 0 Å². The molecule has 2 atom stereocenters. The summed E-state index contributed by atoms with van der Waals surface area (Å²) in [6.07, 6.45) is 4.59. The van der Waals surface area contributed by atoms with Gasteiger partial charge in [-0.1, -0.05) is 43.5 Å². The van der Waals surface area contributed by atoms with Crippen LogP contribution in [-0.4, -0.2) is 26.9 Å². The third-order valence-electron chi connectivity index (χ3n) is 4.23. The van der Waals surface area contributed by atoms with Gasteiger partial charge < -0.3 is 5.32 Å². The Morgan fingerprint density at radius 1 is 1.26 bits per heavy atom. The third-order valence-corrected chi connectivity index (χ3v) is 6.19. The first-order chi connectivity index (χ1) is 10.9. The molecular formula is C16H23ClN2O3S. The van der Waals surface area contributed by atoms with Crippen LogP contribution < -0.4 is 10.0 Å². The van der Waals surface area contributed by atoms with Crippen LogP contribution in [0.25, 0.3) is 0 Å². The van der Waals surface area contributed by atoms with E-state index in [1.165, 1.54) is 18.6 Å². The zero-order valence-corrected chi connectivity index (χ0v) is 14.8. The molecule has 1 saturated carbocycles. The van der Waals surface area contributed by atoms with Gasteiger partial charge in [-0.25, -0.2) is 13.1 Å². The maximum atomic E-state index is 12.1. The molecule has 0 saturated heterocycles. The van der Waals surface area contributed by atoms with Gasteiger partial charge in [-0.2, -0.15) is 0 Å². The lowest BCUT2D eigenvalue weighted by Crippen LogP contribution is -2.42.